The van der Waals surface area contributed by atoms with Crippen LogP contribution in [0, 0.1) is 0 Å². The van der Waals surface area contributed by atoms with Gasteiger partial charge in [-0.1, -0.05) is 124 Å². The van der Waals surface area contributed by atoms with Gasteiger partial charge in [0.05, 0.1) is 16.1 Å². The van der Waals surface area contributed by atoms with Gasteiger partial charge < -0.3 is 0 Å². The lowest BCUT2D eigenvalue weighted by Crippen LogP contribution is -2.46. The van der Waals surface area contributed by atoms with Crippen LogP contribution in [0.4, 0.5) is 0 Å². The average molecular weight is 426 g/mol. The van der Waals surface area contributed by atoms with Gasteiger partial charge in [0.2, 0.25) is 0 Å². The lowest BCUT2D eigenvalue weighted by molar-refractivity contribution is 1.19. The van der Waals surface area contributed by atoms with Crippen molar-refractivity contribution in [3.8, 4) is 0 Å². The van der Waals surface area contributed by atoms with E-state index in [9.17, 15) is 0 Å². The summed E-state index contributed by atoms with van der Waals surface area (Å²) in [6, 6.07) is 16.8. The number of hydrogen-bond acceptors (Lipinski definition) is 0. The van der Waals surface area contributed by atoms with Crippen molar-refractivity contribution in [1.82, 2.24) is 0 Å². The van der Waals surface area contributed by atoms with Crippen molar-refractivity contribution in [3.63, 3.8) is 0 Å². The van der Waals surface area contributed by atoms with Crippen LogP contribution in [-0.2, 0) is 0 Å². The molecule has 0 radical (unpaired) electrons. The van der Waals surface area contributed by atoms with Crippen LogP contribution in [0.1, 0.15) is 41.5 Å². The van der Waals surface area contributed by atoms with E-state index >= 15 is 0 Å². The van der Waals surface area contributed by atoms with Gasteiger partial charge in [-0.2, -0.15) is 0 Å². The minimum absolute atomic E-state index is 0.889. The van der Waals surface area contributed by atoms with Gasteiger partial charge in [-0.25, -0.2) is 0 Å². The molecule has 0 N–H and O–H groups in total. The van der Waals surface area contributed by atoms with Gasteiger partial charge in [-0.05, 0) is 12.1 Å². The maximum Gasteiger partial charge on any atom is 0.0860 e. The molecule has 0 amide bonds. The van der Waals surface area contributed by atoms with Gasteiger partial charge in [-0.3, -0.25) is 0 Å². The Labute approximate surface area is 172 Å². The highest BCUT2D eigenvalue weighted by Gasteiger charge is 2.32. The fourth-order valence-corrected chi connectivity index (χ4v) is 12.7. The zero-order valence-corrected chi connectivity index (χ0v) is 20.8. The summed E-state index contributed by atoms with van der Waals surface area (Å²) in [5.41, 5.74) is 0. The third-order valence-corrected chi connectivity index (χ3v) is 19.0. The Morgan fingerprint density at radius 2 is 0.808 bits per heavy atom. The zero-order valence-electron chi connectivity index (χ0n) is 17.3. The van der Waals surface area contributed by atoms with Crippen LogP contribution in [0.15, 0.2) is 24.3 Å². The number of hydrogen-bond donors (Lipinski definition) is 0. The highest BCUT2D eigenvalue weighted by Crippen LogP contribution is 2.32. The topological polar surface area (TPSA) is 0 Å². The number of rotatable bonds is 8. The molecule has 144 valence electrons. The zero-order chi connectivity index (χ0) is 19.5. The van der Waals surface area contributed by atoms with Crippen molar-refractivity contribution in [2.75, 3.05) is 0 Å². The van der Waals surface area contributed by atoms with E-state index in [2.05, 4.69) is 65.8 Å². The van der Waals surface area contributed by atoms with Gasteiger partial charge >= 0.3 is 0 Å². The summed E-state index contributed by atoms with van der Waals surface area (Å²) in [4.78, 5) is 0. The quantitative estimate of drug-likeness (QED) is 0.382. The Hall–Kier alpha value is -0.286. The summed E-state index contributed by atoms with van der Waals surface area (Å²) in [6.07, 6.45) is 0. The van der Waals surface area contributed by atoms with Crippen LogP contribution in [0.5, 0.6) is 0 Å². The monoisotopic (exact) mass is 424 g/mol. The van der Waals surface area contributed by atoms with Crippen molar-refractivity contribution < 1.29 is 0 Å². The van der Waals surface area contributed by atoms with E-state index in [1.165, 1.54) is 46.6 Å². The molecule has 2 rings (SSSR count). The first-order chi connectivity index (χ1) is 12.4. The summed E-state index contributed by atoms with van der Waals surface area (Å²) in [5.74, 6) is 0. The Kier molecular flexibility index (Phi) is 7.46. The molecule has 4 heteroatoms. The molecule has 0 bridgehead atoms. The van der Waals surface area contributed by atoms with Gasteiger partial charge in [0, 0.05) is 20.8 Å². The molecule has 0 nitrogen and oxygen atoms in total. The van der Waals surface area contributed by atoms with Crippen LogP contribution >= 0.6 is 23.2 Å². The number of fused-ring (bicyclic) bond motifs is 1. The van der Waals surface area contributed by atoms with Crippen molar-refractivity contribution in [2.24, 2.45) is 0 Å². The first kappa shape index (κ1) is 22.0. The van der Waals surface area contributed by atoms with Crippen LogP contribution in [0.25, 0.3) is 10.8 Å². The molecule has 0 saturated heterocycles. The summed E-state index contributed by atoms with van der Waals surface area (Å²) >= 11 is 13.7. The van der Waals surface area contributed by atoms with Gasteiger partial charge in [0.25, 0.3) is 0 Å². The largest absolute Gasteiger partial charge is 0.0860 e. The lowest BCUT2D eigenvalue weighted by atomic mass is 10.1. The van der Waals surface area contributed by atoms with E-state index < -0.39 is 16.1 Å². The Balaban J connectivity index is 2.74. The summed E-state index contributed by atoms with van der Waals surface area (Å²) in [6.45, 7) is 14.0. The van der Waals surface area contributed by atoms with Gasteiger partial charge in [0.15, 0.2) is 0 Å². The maximum atomic E-state index is 6.84. The van der Waals surface area contributed by atoms with Crippen molar-refractivity contribution in [1.29, 1.82) is 0 Å². The highest BCUT2D eigenvalue weighted by molar-refractivity contribution is 6.92. The summed E-state index contributed by atoms with van der Waals surface area (Å²) in [7, 11) is -2.94. The molecule has 0 heterocycles. The predicted molar refractivity (Wildman–Crippen MR) is 128 cm³/mol. The van der Waals surface area contributed by atoms with Crippen LogP contribution in [0.3, 0.4) is 0 Å². The molecule has 0 spiro atoms. The molecule has 0 atom stereocenters. The second-order valence-electron chi connectivity index (χ2n) is 7.69. The molecule has 0 aliphatic heterocycles. The molecule has 0 aliphatic rings. The fraction of sp³-hybridized carbons (Fsp3) is 0.545. The SMILES string of the molecule is CC[Si](CC)(CC)c1cc(Cl)c2cc([Si](CC)(CC)CC)cc(Cl)c2c1. The van der Waals surface area contributed by atoms with E-state index in [0.29, 0.717) is 0 Å². The van der Waals surface area contributed by atoms with Crippen molar-refractivity contribution >= 4 is 60.5 Å². The second-order valence-corrected chi connectivity index (χ2v) is 19.0. The Morgan fingerprint density at radius 1 is 0.538 bits per heavy atom. The predicted octanol–water partition coefficient (Wildman–Crippen LogP) is 7.58. The minimum Gasteiger partial charge on any atom is -0.0837 e. The molecular weight excluding hydrogens is 391 g/mol. The minimum atomic E-state index is -1.47. The number of halogens is 2. The Morgan fingerprint density at radius 3 is 1.04 bits per heavy atom. The molecule has 0 aromatic heterocycles. The van der Waals surface area contributed by atoms with Crippen LogP contribution < -0.4 is 10.4 Å². The summed E-state index contributed by atoms with van der Waals surface area (Å²) < 4.78 is 0. The van der Waals surface area contributed by atoms with Crippen molar-refractivity contribution in [2.45, 2.75) is 77.8 Å². The summed E-state index contributed by atoms with van der Waals surface area (Å²) in [5, 5.41) is 7.02. The van der Waals surface area contributed by atoms with E-state index in [1.807, 2.05) is 0 Å². The Bertz CT molecular complexity index is 681. The van der Waals surface area contributed by atoms with Crippen molar-refractivity contribution in [3.05, 3.63) is 34.3 Å². The normalized spacial score (nSPS) is 12.8. The third-order valence-electron chi connectivity index (χ3n) is 7.25. The van der Waals surface area contributed by atoms with Gasteiger partial charge in [-0.15, -0.1) is 0 Å². The van der Waals surface area contributed by atoms with Crippen LogP contribution in [0.2, 0.25) is 46.3 Å². The maximum absolute atomic E-state index is 6.84. The van der Waals surface area contributed by atoms with E-state index in [1.54, 1.807) is 0 Å². The molecule has 2 aromatic carbocycles. The molecule has 2 aromatic rings. The first-order valence-corrected chi connectivity index (χ1v) is 16.3. The second kappa shape index (κ2) is 8.81. The molecule has 0 fully saturated rings. The third kappa shape index (κ3) is 3.67. The van der Waals surface area contributed by atoms with Gasteiger partial charge in [0.1, 0.15) is 0 Å². The highest BCUT2D eigenvalue weighted by atomic mass is 35.5. The van der Waals surface area contributed by atoms with E-state index in [-0.39, 0.29) is 0 Å². The van der Waals surface area contributed by atoms with E-state index in [4.69, 9.17) is 23.2 Å². The smallest absolute Gasteiger partial charge is 0.0837 e. The average Bonchev–Trinajstić information content (AvgIpc) is 2.66. The molecule has 0 unspecified atom stereocenters. The first-order valence-electron chi connectivity index (χ1n) is 10.3. The van der Waals surface area contributed by atoms with E-state index in [0.717, 1.165) is 20.8 Å². The van der Waals surface area contributed by atoms with Crippen LogP contribution in [-0.4, -0.2) is 16.1 Å². The standard InChI is InChI=1S/C22H34Cl2Si2/c1-7-25(8-2,9-3)17-13-19-20(21(23)15-17)14-18(16-22(19)24)26(10-4,11-5)12-6/h13-16H,7-12H2,1-6H3. The molecular formula is C22H34Cl2Si2. The molecule has 0 saturated carbocycles. The fourth-order valence-electron chi connectivity index (χ4n) is 4.71. The number of benzene rings is 2. The lowest BCUT2D eigenvalue weighted by Gasteiger charge is -2.31. The molecule has 26 heavy (non-hydrogen) atoms. The molecule has 0 aliphatic carbocycles.